The second-order valence-electron chi connectivity index (χ2n) is 6.78. The van der Waals surface area contributed by atoms with Crippen molar-refractivity contribution in [1.82, 2.24) is 19.7 Å². The van der Waals surface area contributed by atoms with Gasteiger partial charge in [-0.25, -0.2) is 9.67 Å². The summed E-state index contributed by atoms with van der Waals surface area (Å²) < 4.78 is 2.94. The molecule has 0 bridgehead atoms. The predicted molar refractivity (Wildman–Crippen MR) is 94.3 cm³/mol. The molecule has 1 amide bonds. The molecule has 0 spiro atoms. The SMILES string of the molecule is O=C(N1CCn2ncnc2C1)C1(c2cccc(Br)c2)CCCCC1. The van der Waals surface area contributed by atoms with Gasteiger partial charge in [-0.05, 0) is 30.5 Å². The van der Waals surface area contributed by atoms with Crippen LogP contribution >= 0.6 is 15.9 Å². The van der Waals surface area contributed by atoms with Gasteiger partial charge in [0.15, 0.2) is 0 Å². The quantitative estimate of drug-likeness (QED) is 0.792. The molecule has 126 valence electrons. The largest absolute Gasteiger partial charge is 0.333 e. The van der Waals surface area contributed by atoms with Crippen LogP contribution in [-0.4, -0.2) is 32.1 Å². The van der Waals surface area contributed by atoms with E-state index in [1.165, 1.54) is 6.42 Å². The number of aromatic nitrogens is 3. The summed E-state index contributed by atoms with van der Waals surface area (Å²) in [5, 5.41) is 4.21. The van der Waals surface area contributed by atoms with Crippen LogP contribution in [0, 0.1) is 0 Å². The minimum Gasteiger partial charge on any atom is -0.333 e. The van der Waals surface area contributed by atoms with Gasteiger partial charge < -0.3 is 4.90 Å². The molecular formula is C18H21BrN4O. The first-order valence-corrected chi connectivity index (χ1v) is 9.40. The molecule has 1 aliphatic heterocycles. The molecule has 1 aromatic heterocycles. The van der Waals surface area contributed by atoms with Gasteiger partial charge in [0.05, 0.1) is 18.5 Å². The van der Waals surface area contributed by atoms with E-state index >= 15 is 0 Å². The lowest BCUT2D eigenvalue weighted by Gasteiger charge is -2.41. The zero-order chi connectivity index (χ0) is 16.6. The summed E-state index contributed by atoms with van der Waals surface area (Å²) in [5.74, 6) is 1.14. The Bertz CT molecular complexity index is 751. The van der Waals surface area contributed by atoms with Crippen LogP contribution in [0.3, 0.4) is 0 Å². The Morgan fingerprint density at radius 2 is 2.00 bits per heavy atom. The average molecular weight is 389 g/mol. The maximum atomic E-state index is 13.6. The summed E-state index contributed by atoms with van der Waals surface area (Å²) in [6.07, 6.45) is 6.90. The monoisotopic (exact) mass is 388 g/mol. The van der Waals surface area contributed by atoms with E-state index in [4.69, 9.17) is 0 Å². The van der Waals surface area contributed by atoms with E-state index in [-0.39, 0.29) is 11.3 Å². The van der Waals surface area contributed by atoms with Gasteiger partial charge >= 0.3 is 0 Å². The van der Waals surface area contributed by atoms with Crippen molar-refractivity contribution in [3.8, 4) is 0 Å². The number of hydrogen-bond donors (Lipinski definition) is 0. The molecule has 6 heteroatoms. The maximum Gasteiger partial charge on any atom is 0.233 e. The number of hydrogen-bond acceptors (Lipinski definition) is 3. The lowest BCUT2D eigenvalue weighted by molar-refractivity contribution is -0.140. The number of carbonyl (C=O) groups is 1. The van der Waals surface area contributed by atoms with E-state index in [9.17, 15) is 4.79 Å². The molecule has 0 saturated heterocycles. The number of carbonyl (C=O) groups excluding carboxylic acids is 1. The molecule has 5 nitrogen and oxygen atoms in total. The maximum absolute atomic E-state index is 13.6. The minimum absolute atomic E-state index is 0.259. The molecule has 1 aromatic carbocycles. The van der Waals surface area contributed by atoms with Crippen LogP contribution in [0.2, 0.25) is 0 Å². The van der Waals surface area contributed by atoms with Crippen molar-refractivity contribution in [1.29, 1.82) is 0 Å². The Morgan fingerprint density at radius 1 is 1.17 bits per heavy atom. The number of benzene rings is 1. The highest BCUT2D eigenvalue weighted by atomic mass is 79.9. The number of fused-ring (bicyclic) bond motifs is 1. The van der Waals surface area contributed by atoms with Gasteiger partial charge in [-0.15, -0.1) is 0 Å². The minimum atomic E-state index is -0.385. The van der Waals surface area contributed by atoms with E-state index in [2.05, 4.69) is 38.1 Å². The number of rotatable bonds is 2. The second kappa shape index (κ2) is 6.31. The van der Waals surface area contributed by atoms with Crippen LogP contribution in [0.5, 0.6) is 0 Å². The third-order valence-electron chi connectivity index (χ3n) is 5.39. The zero-order valence-corrected chi connectivity index (χ0v) is 15.2. The standard InChI is InChI=1S/C18H21BrN4O/c19-15-6-4-5-14(11-15)18(7-2-1-3-8-18)17(24)22-9-10-23-16(12-22)20-13-21-23/h4-6,11,13H,1-3,7-10,12H2. The van der Waals surface area contributed by atoms with Crippen molar-refractivity contribution in [3.63, 3.8) is 0 Å². The summed E-state index contributed by atoms with van der Waals surface area (Å²) >= 11 is 3.57. The summed E-state index contributed by atoms with van der Waals surface area (Å²) in [7, 11) is 0. The fourth-order valence-corrected chi connectivity index (χ4v) is 4.51. The fourth-order valence-electron chi connectivity index (χ4n) is 4.11. The molecule has 0 radical (unpaired) electrons. The topological polar surface area (TPSA) is 51.0 Å². The Kier molecular flexibility index (Phi) is 4.16. The van der Waals surface area contributed by atoms with Crippen molar-refractivity contribution in [2.45, 2.75) is 50.6 Å². The van der Waals surface area contributed by atoms with Crippen LogP contribution in [0.25, 0.3) is 0 Å². The van der Waals surface area contributed by atoms with Crippen LogP contribution in [0.15, 0.2) is 35.1 Å². The van der Waals surface area contributed by atoms with Crippen LogP contribution in [0.1, 0.15) is 43.5 Å². The lowest BCUT2D eigenvalue weighted by atomic mass is 9.68. The predicted octanol–water partition coefficient (Wildman–Crippen LogP) is 3.28. The van der Waals surface area contributed by atoms with Gasteiger partial charge in [0, 0.05) is 11.0 Å². The van der Waals surface area contributed by atoms with E-state index < -0.39 is 0 Å². The lowest BCUT2D eigenvalue weighted by Crippen LogP contribution is -2.50. The molecule has 1 aliphatic carbocycles. The molecule has 4 rings (SSSR count). The van der Waals surface area contributed by atoms with Crippen molar-refractivity contribution in [2.75, 3.05) is 6.54 Å². The third-order valence-corrected chi connectivity index (χ3v) is 5.88. The van der Waals surface area contributed by atoms with Crippen LogP contribution in [0.4, 0.5) is 0 Å². The summed E-state index contributed by atoms with van der Waals surface area (Å²) in [6.45, 7) is 2.01. The van der Waals surface area contributed by atoms with Crippen molar-refractivity contribution < 1.29 is 4.79 Å². The normalized spacial score (nSPS) is 19.8. The van der Waals surface area contributed by atoms with Gasteiger partial charge in [0.25, 0.3) is 0 Å². The molecule has 2 aromatic rings. The first-order valence-electron chi connectivity index (χ1n) is 8.61. The highest BCUT2D eigenvalue weighted by Crippen LogP contribution is 2.42. The molecule has 0 atom stereocenters. The first-order chi connectivity index (χ1) is 11.7. The van der Waals surface area contributed by atoms with E-state index in [0.29, 0.717) is 13.1 Å². The molecule has 24 heavy (non-hydrogen) atoms. The summed E-state index contributed by atoms with van der Waals surface area (Å²) in [5.41, 5.74) is 0.762. The number of amides is 1. The molecule has 1 fully saturated rings. The van der Waals surface area contributed by atoms with E-state index in [1.807, 2.05) is 21.7 Å². The fraction of sp³-hybridized carbons (Fsp3) is 0.500. The van der Waals surface area contributed by atoms with E-state index in [1.54, 1.807) is 6.33 Å². The number of nitrogens with zero attached hydrogens (tertiary/aromatic N) is 4. The second-order valence-corrected chi connectivity index (χ2v) is 7.69. The Labute approximate surface area is 150 Å². The molecule has 0 unspecified atom stereocenters. The van der Waals surface area contributed by atoms with Gasteiger partial charge in [-0.1, -0.05) is 47.3 Å². The van der Waals surface area contributed by atoms with Gasteiger partial charge in [0.2, 0.25) is 5.91 Å². The molecule has 2 aliphatic rings. The zero-order valence-electron chi connectivity index (χ0n) is 13.6. The summed E-state index contributed by atoms with van der Waals surface area (Å²) in [6, 6.07) is 8.29. The highest BCUT2D eigenvalue weighted by molar-refractivity contribution is 9.10. The van der Waals surface area contributed by atoms with Gasteiger partial charge in [0.1, 0.15) is 12.2 Å². The van der Waals surface area contributed by atoms with Crippen molar-refractivity contribution in [2.24, 2.45) is 0 Å². The van der Waals surface area contributed by atoms with Crippen LogP contribution < -0.4 is 0 Å². The molecule has 1 saturated carbocycles. The van der Waals surface area contributed by atoms with Gasteiger partial charge in [-0.2, -0.15) is 5.10 Å². The Balaban J connectivity index is 1.68. The molecular weight excluding hydrogens is 368 g/mol. The smallest absolute Gasteiger partial charge is 0.233 e. The third kappa shape index (κ3) is 2.66. The van der Waals surface area contributed by atoms with Crippen LogP contribution in [-0.2, 0) is 23.3 Å². The van der Waals surface area contributed by atoms with E-state index in [0.717, 1.165) is 48.1 Å². The Hall–Kier alpha value is -1.69. The number of halogens is 1. The van der Waals surface area contributed by atoms with Crippen molar-refractivity contribution in [3.05, 3.63) is 46.5 Å². The van der Waals surface area contributed by atoms with Gasteiger partial charge in [-0.3, -0.25) is 4.79 Å². The van der Waals surface area contributed by atoms with Crippen molar-refractivity contribution >= 4 is 21.8 Å². The average Bonchev–Trinajstić information content (AvgIpc) is 3.09. The highest BCUT2D eigenvalue weighted by Gasteiger charge is 2.44. The Morgan fingerprint density at radius 3 is 2.79 bits per heavy atom. The first kappa shape index (κ1) is 15.8. The molecule has 2 heterocycles. The molecule has 0 N–H and O–H groups in total. The summed E-state index contributed by atoms with van der Waals surface area (Å²) in [4.78, 5) is 19.8.